The highest BCUT2D eigenvalue weighted by Gasteiger charge is 2.06. The van der Waals surface area contributed by atoms with E-state index in [-0.39, 0.29) is 0 Å². The summed E-state index contributed by atoms with van der Waals surface area (Å²) in [6.07, 6.45) is 1.77. The Kier molecular flexibility index (Phi) is 4.04. The van der Waals surface area contributed by atoms with Crippen molar-refractivity contribution in [2.24, 2.45) is 0 Å². The molecule has 1 aromatic carbocycles. The summed E-state index contributed by atoms with van der Waals surface area (Å²) in [4.78, 5) is 8.50. The predicted octanol–water partition coefficient (Wildman–Crippen LogP) is 3.99. The van der Waals surface area contributed by atoms with Gasteiger partial charge in [-0.3, -0.25) is 0 Å². The average Bonchev–Trinajstić information content (AvgIpc) is 2.35. The largest absolute Gasteiger partial charge is 0.357 e. The third-order valence-electron chi connectivity index (χ3n) is 2.38. The lowest BCUT2D eigenvalue weighted by molar-refractivity contribution is 1.12. The molecule has 2 aromatic rings. The molecular formula is C12H12BrClN4. The zero-order chi connectivity index (χ0) is 13.1. The van der Waals surface area contributed by atoms with E-state index in [2.05, 4.69) is 36.5 Å². The Morgan fingerprint density at radius 3 is 2.78 bits per heavy atom. The Morgan fingerprint density at radius 2 is 2.11 bits per heavy atom. The molecule has 0 saturated carbocycles. The highest BCUT2D eigenvalue weighted by Crippen LogP contribution is 2.29. The first-order valence-corrected chi connectivity index (χ1v) is 6.50. The van der Waals surface area contributed by atoms with Gasteiger partial charge in [-0.2, -0.15) is 4.98 Å². The lowest BCUT2D eigenvalue weighted by Gasteiger charge is -2.11. The first kappa shape index (κ1) is 13.1. The Labute approximate surface area is 119 Å². The summed E-state index contributed by atoms with van der Waals surface area (Å²) in [6, 6.07) is 5.55. The van der Waals surface area contributed by atoms with Gasteiger partial charge in [0, 0.05) is 28.3 Å². The van der Waals surface area contributed by atoms with Crippen molar-refractivity contribution in [3.63, 3.8) is 0 Å². The number of aromatic nitrogens is 2. The Hall–Kier alpha value is -1.33. The van der Waals surface area contributed by atoms with Crippen molar-refractivity contribution in [3.05, 3.63) is 39.5 Å². The minimum atomic E-state index is 0.577. The smallest absolute Gasteiger partial charge is 0.224 e. The summed E-state index contributed by atoms with van der Waals surface area (Å²) < 4.78 is 0.888. The first-order valence-electron chi connectivity index (χ1n) is 5.33. The fourth-order valence-corrected chi connectivity index (χ4v) is 2.19. The molecule has 1 aromatic heterocycles. The minimum absolute atomic E-state index is 0.577. The van der Waals surface area contributed by atoms with E-state index in [1.54, 1.807) is 13.2 Å². The van der Waals surface area contributed by atoms with Gasteiger partial charge in [0.1, 0.15) is 5.82 Å². The van der Waals surface area contributed by atoms with Crippen LogP contribution in [0.1, 0.15) is 5.56 Å². The lowest BCUT2D eigenvalue weighted by atomic mass is 10.3. The Morgan fingerprint density at radius 1 is 1.33 bits per heavy atom. The maximum Gasteiger partial charge on any atom is 0.224 e. The van der Waals surface area contributed by atoms with Crippen molar-refractivity contribution < 1.29 is 0 Å². The zero-order valence-electron chi connectivity index (χ0n) is 9.96. The second kappa shape index (κ2) is 5.54. The molecule has 0 bridgehead atoms. The molecule has 0 atom stereocenters. The van der Waals surface area contributed by atoms with E-state index in [9.17, 15) is 0 Å². The number of nitrogens with zero attached hydrogens (tertiary/aromatic N) is 2. The van der Waals surface area contributed by atoms with Crippen LogP contribution >= 0.6 is 27.5 Å². The topological polar surface area (TPSA) is 49.8 Å². The molecule has 0 radical (unpaired) electrons. The van der Waals surface area contributed by atoms with E-state index >= 15 is 0 Å². The number of aryl methyl sites for hydroxylation is 1. The fraction of sp³-hybridized carbons (Fsp3) is 0.167. The minimum Gasteiger partial charge on any atom is -0.357 e. The molecule has 0 aliphatic rings. The van der Waals surface area contributed by atoms with Gasteiger partial charge in [0.25, 0.3) is 0 Å². The van der Waals surface area contributed by atoms with Crippen LogP contribution in [0.5, 0.6) is 0 Å². The maximum atomic E-state index is 5.91. The summed E-state index contributed by atoms with van der Waals surface area (Å²) in [7, 11) is 1.78. The molecule has 94 valence electrons. The molecule has 0 saturated heterocycles. The van der Waals surface area contributed by atoms with Gasteiger partial charge < -0.3 is 10.6 Å². The van der Waals surface area contributed by atoms with Gasteiger partial charge in [0.15, 0.2) is 0 Å². The van der Waals surface area contributed by atoms with Crippen molar-refractivity contribution in [2.45, 2.75) is 6.92 Å². The SMILES string of the molecule is CNc1ncc(C)c(Nc2ccc(Cl)cc2Br)n1. The van der Waals surface area contributed by atoms with Gasteiger partial charge in [0.05, 0.1) is 5.69 Å². The summed E-state index contributed by atoms with van der Waals surface area (Å²) >= 11 is 9.36. The van der Waals surface area contributed by atoms with E-state index in [0.29, 0.717) is 11.0 Å². The monoisotopic (exact) mass is 326 g/mol. The van der Waals surface area contributed by atoms with Crippen molar-refractivity contribution >= 4 is 45.0 Å². The zero-order valence-corrected chi connectivity index (χ0v) is 12.3. The molecule has 1 heterocycles. The molecule has 2 N–H and O–H groups in total. The van der Waals surface area contributed by atoms with Crippen LogP contribution in [0, 0.1) is 6.92 Å². The molecule has 0 aliphatic carbocycles. The summed E-state index contributed by atoms with van der Waals surface area (Å²) in [5.41, 5.74) is 1.87. The van der Waals surface area contributed by atoms with E-state index in [0.717, 1.165) is 21.5 Å². The highest BCUT2D eigenvalue weighted by molar-refractivity contribution is 9.10. The second-order valence-corrected chi connectivity index (χ2v) is 5.02. The molecule has 18 heavy (non-hydrogen) atoms. The molecule has 4 nitrogen and oxygen atoms in total. The van der Waals surface area contributed by atoms with Crippen LogP contribution in [0.2, 0.25) is 5.02 Å². The number of hydrogen-bond acceptors (Lipinski definition) is 4. The van der Waals surface area contributed by atoms with Gasteiger partial charge in [-0.25, -0.2) is 4.98 Å². The molecule has 0 fully saturated rings. The van der Waals surface area contributed by atoms with Crippen molar-refractivity contribution in [3.8, 4) is 0 Å². The summed E-state index contributed by atoms with van der Waals surface area (Å²) in [6.45, 7) is 1.95. The number of rotatable bonds is 3. The van der Waals surface area contributed by atoms with Gasteiger partial charge in [-0.15, -0.1) is 0 Å². The summed E-state index contributed by atoms with van der Waals surface area (Å²) in [5.74, 6) is 1.34. The van der Waals surface area contributed by atoms with Crippen LogP contribution in [0.15, 0.2) is 28.9 Å². The average molecular weight is 328 g/mol. The molecule has 2 rings (SSSR count). The fourth-order valence-electron chi connectivity index (χ4n) is 1.41. The van der Waals surface area contributed by atoms with Gasteiger partial charge >= 0.3 is 0 Å². The third kappa shape index (κ3) is 2.91. The van der Waals surface area contributed by atoms with E-state index in [1.807, 2.05) is 25.1 Å². The van der Waals surface area contributed by atoms with Crippen LogP contribution in [0.4, 0.5) is 17.5 Å². The molecular weight excluding hydrogens is 316 g/mol. The van der Waals surface area contributed by atoms with Crippen LogP contribution in [0.25, 0.3) is 0 Å². The van der Waals surface area contributed by atoms with Gasteiger partial charge in [0.2, 0.25) is 5.95 Å². The van der Waals surface area contributed by atoms with Crippen molar-refractivity contribution in [2.75, 3.05) is 17.7 Å². The predicted molar refractivity (Wildman–Crippen MR) is 78.8 cm³/mol. The second-order valence-electron chi connectivity index (χ2n) is 3.72. The number of hydrogen-bond donors (Lipinski definition) is 2. The quantitative estimate of drug-likeness (QED) is 0.895. The normalized spacial score (nSPS) is 10.2. The Balaban J connectivity index is 2.33. The van der Waals surface area contributed by atoms with Crippen molar-refractivity contribution in [1.82, 2.24) is 9.97 Å². The summed E-state index contributed by atoms with van der Waals surface area (Å²) in [5, 5.41) is 6.84. The number of halogens is 2. The molecule has 0 unspecified atom stereocenters. The number of anilines is 3. The van der Waals surface area contributed by atoms with E-state index in [1.165, 1.54) is 0 Å². The van der Waals surface area contributed by atoms with Crippen LogP contribution in [0.3, 0.4) is 0 Å². The molecule has 0 spiro atoms. The molecule has 6 heteroatoms. The highest BCUT2D eigenvalue weighted by atomic mass is 79.9. The Bertz CT molecular complexity index is 574. The van der Waals surface area contributed by atoms with E-state index < -0.39 is 0 Å². The van der Waals surface area contributed by atoms with Gasteiger partial charge in [-0.05, 0) is 41.1 Å². The third-order valence-corrected chi connectivity index (χ3v) is 3.27. The van der Waals surface area contributed by atoms with E-state index in [4.69, 9.17) is 11.6 Å². The first-order chi connectivity index (χ1) is 8.60. The molecule has 0 amide bonds. The van der Waals surface area contributed by atoms with Crippen LogP contribution < -0.4 is 10.6 Å². The van der Waals surface area contributed by atoms with Crippen LogP contribution in [-0.4, -0.2) is 17.0 Å². The van der Waals surface area contributed by atoms with Crippen molar-refractivity contribution in [1.29, 1.82) is 0 Å². The number of nitrogens with one attached hydrogen (secondary N) is 2. The number of benzene rings is 1. The molecule has 0 aliphatic heterocycles. The standard InChI is InChI=1S/C12H12BrClN4/c1-7-6-16-12(15-2)18-11(7)17-10-4-3-8(14)5-9(10)13/h3-6H,1-2H3,(H2,15,16,17,18). The van der Waals surface area contributed by atoms with Gasteiger partial charge in [-0.1, -0.05) is 11.6 Å². The lowest BCUT2D eigenvalue weighted by Crippen LogP contribution is -2.02. The van der Waals surface area contributed by atoms with Crippen LogP contribution in [-0.2, 0) is 0 Å². The maximum absolute atomic E-state index is 5.91.